The molecule has 1 amide bonds. The number of anilines is 4. The van der Waals surface area contributed by atoms with Crippen LogP contribution in [0, 0.1) is 0 Å². The van der Waals surface area contributed by atoms with Gasteiger partial charge in [-0.1, -0.05) is 11.3 Å². The highest BCUT2D eigenvalue weighted by atomic mass is 32.1. The van der Waals surface area contributed by atoms with Gasteiger partial charge >= 0.3 is 6.09 Å². The zero-order valence-corrected chi connectivity index (χ0v) is 17.2. The van der Waals surface area contributed by atoms with E-state index < -0.39 is 6.09 Å². The van der Waals surface area contributed by atoms with Gasteiger partial charge in [0.15, 0.2) is 5.13 Å². The Bertz CT molecular complexity index is 1040. The van der Waals surface area contributed by atoms with Crippen LogP contribution in [0.2, 0.25) is 0 Å². The number of amides is 1. The molecule has 2 heterocycles. The van der Waals surface area contributed by atoms with E-state index in [0.29, 0.717) is 29.3 Å². The molecule has 10 heteroatoms. The van der Waals surface area contributed by atoms with Gasteiger partial charge in [0.05, 0.1) is 29.4 Å². The first-order chi connectivity index (χ1) is 14.5. The van der Waals surface area contributed by atoms with Crippen LogP contribution in [0.3, 0.4) is 0 Å². The number of nitrogens with zero attached hydrogens (tertiary/aromatic N) is 4. The molecule has 0 atom stereocenters. The highest BCUT2D eigenvalue weighted by Gasteiger charge is 2.30. The molecule has 1 aliphatic rings. The summed E-state index contributed by atoms with van der Waals surface area (Å²) in [6.07, 6.45) is 2.94. The lowest BCUT2D eigenvalue weighted by molar-refractivity contribution is 0.186. The van der Waals surface area contributed by atoms with Crippen molar-refractivity contribution in [1.29, 1.82) is 0 Å². The Morgan fingerprint density at radius 1 is 1.30 bits per heavy atom. The maximum atomic E-state index is 11.5. The molecule has 1 aromatic carbocycles. The second-order valence-electron chi connectivity index (χ2n) is 6.91. The number of carbonyl (C=O) groups is 1. The third-order valence-electron chi connectivity index (χ3n) is 4.71. The van der Waals surface area contributed by atoms with Crippen molar-refractivity contribution in [2.45, 2.75) is 18.8 Å². The number of rotatable bonds is 8. The number of hydrogen-bond donors (Lipinski definition) is 3. The molecule has 0 unspecified atom stereocenters. The molecule has 156 valence electrons. The van der Waals surface area contributed by atoms with E-state index in [0.717, 1.165) is 34.8 Å². The number of methoxy groups -OCH3 is 1. The summed E-state index contributed by atoms with van der Waals surface area (Å²) in [6, 6.07) is 8.88. The second-order valence-corrected chi connectivity index (χ2v) is 7.94. The van der Waals surface area contributed by atoms with E-state index in [1.807, 2.05) is 6.07 Å². The fourth-order valence-corrected chi connectivity index (χ4v) is 3.97. The Balaban J connectivity index is 1.51. The standard InChI is InChI=1S/C20H22N6O3S/c1-29-11-10-26(20(27)28)14-6-4-13(5-7-14)23-19-22-9-8-15(24-19)17-16(12-2-3-12)25-18(21)30-17/h4-9,12H,2-3,10-11H2,1H3,(H2,21,25)(H,27,28)(H,22,23,24). The summed E-state index contributed by atoms with van der Waals surface area (Å²) in [4.78, 5) is 27.1. The van der Waals surface area contributed by atoms with Gasteiger partial charge in [-0.05, 0) is 43.2 Å². The van der Waals surface area contributed by atoms with Gasteiger partial charge in [0.2, 0.25) is 5.95 Å². The van der Waals surface area contributed by atoms with Gasteiger partial charge in [0.25, 0.3) is 0 Å². The number of nitrogens with one attached hydrogen (secondary N) is 1. The van der Waals surface area contributed by atoms with Crippen LogP contribution in [0.1, 0.15) is 24.5 Å². The monoisotopic (exact) mass is 426 g/mol. The molecule has 0 radical (unpaired) electrons. The number of ether oxygens (including phenoxy) is 1. The normalized spacial score (nSPS) is 13.2. The molecule has 0 bridgehead atoms. The summed E-state index contributed by atoms with van der Waals surface area (Å²) < 4.78 is 4.98. The molecule has 0 saturated heterocycles. The molecule has 1 saturated carbocycles. The van der Waals surface area contributed by atoms with Gasteiger partial charge in [0, 0.05) is 30.6 Å². The van der Waals surface area contributed by atoms with Crippen LogP contribution in [0.25, 0.3) is 10.6 Å². The van der Waals surface area contributed by atoms with Crippen LogP contribution in [0.5, 0.6) is 0 Å². The topological polar surface area (TPSA) is 126 Å². The van der Waals surface area contributed by atoms with Crippen LogP contribution in [-0.4, -0.2) is 46.4 Å². The lowest BCUT2D eigenvalue weighted by Crippen LogP contribution is -2.32. The zero-order valence-electron chi connectivity index (χ0n) is 16.4. The first kappa shape index (κ1) is 20.0. The van der Waals surface area contributed by atoms with E-state index in [1.54, 1.807) is 30.5 Å². The summed E-state index contributed by atoms with van der Waals surface area (Å²) in [5.74, 6) is 0.922. The average molecular weight is 427 g/mol. The number of aromatic nitrogens is 3. The van der Waals surface area contributed by atoms with Crippen molar-refractivity contribution in [2.75, 3.05) is 36.2 Å². The van der Waals surface area contributed by atoms with E-state index >= 15 is 0 Å². The van der Waals surface area contributed by atoms with E-state index in [-0.39, 0.29) is 6.54 Å². The number of nitrogen functional groups attached to an aromatic ring is 1. The maximum Gasteiger partial charge on any atom is 0.411 e. The lowest BCUT2D eigenvalue weighted by Gasteiger charge is -2.19. The lowest BCUT2D eigenvalue weighted by atomic mass is 10.2. The minimum Gasteiger partial charge on any atom is -0.465 e. The van der Waals surface area contributed by atoms with Crippen molar-refractivity contribution in [3.63, 3.8) is 0 Å². The van der Waals surface area contributed by atoms with Crippen molar-refractivity contribution >= 4 is 39.9 Å². The highest BCUT2D eigenvalue weighted by molar-refractivity contribution is 7.18. The van der Waals surface area contributed by atoms with Crippen molar-refractivity contribution in [1.82, 2.24) is 15.0 Å². The SMILES string of the molecule is COCCN(C(=O)O)c1ccc(Nc2nccc(-c3sc(N)nc3C3CC3)n2)cc1. The predicted molar refractivity (Wildman–Crippen MR) is 116 cm³/mol. The van der Waals surface area contributed by atoms with Crippen LogP contribution in [0.4, 0.5) is 27.2 Å². The zero-order chi connectivity index (χ0) is 21.1. The van der Waals surface area contributed by atoms with Gasteiger partial charge in [-0.25, -0.2) is 19.7 Å². The average Bonchev–Trinajstić information content (AvgIpc) is 3.51. The Kier molecular flexibility index (Phi) is 5.77. The third kappa shape index (κ3) is 4.50. The molecule has 2 aromatic heterocycles. The maximum absolute atomic E-state index is 11.5. The number of hydrogen-bond acceptors (Lipinski definition) is 8. The number of nitrogens with two attached hydrogens (primary N) is 1. The molecule has 1 aliphatic carbocycles. The van der Waals surface area contributed by atoms with Crippen molar-refractivity contribution in [3.8, 4) is 10.6 Å². The minimum absolute atomic E-state index is 0.255. The van der Waals surface area contributed by atoms with E-state index in [1.165, 1.54) is 23.3 Å². The summed E-state index contributed by atoms with van der Waals surface area (Å²) in [5.41, 5.74) is 9.06. The fourth-order valence-electron chi connectivity index (χ4n) is 3.08. The van der Waals surface area contributed by atoms with Gasteiger partial charge in [-0.3, -0.25) is 4.90 Å². The first-order valence-electron chi connectivity index (χ1n) is 9.51. The Hall–Kier alpha value is -3.24. The molecule has 9 nitrogen and oxygen atoms in total. The van der Waals surface area contributed by atoms with Crippen LogP contribution < -0.4 is 16.0 Å². The first-order valence-corrected chi connectivity index (χ1v) is 10.3. The van der Waals surface area contributed by atoms with Crippen LogP contribution in [-0.2, 0) is 4.74 Å². The summed E-state index contributed by atoms with van der Waals surface area (Å²) in [6.45, 7) is 0.572. The summed E-state index contributed by atoms with van der Waals surface area (Å²) >= 11 is 1.44. The molecular weight excluding hydrogens is 404 g/mol. The largest absolute Gasteiger partial charge is 0.465 e. The molecular formula is C20H22N6O3S. The number of thiazole rings is 1. The molecule has 4 rings (SSSR count). The summed E-state index contributed by atoms with van der Waals surface area (Å²) in [5, 5.41) is 13.1. The third-order valence-corrected chi connectivity index (χ3v) is 5.63. The van der Waals surface area contributed by atoms with E-state index in [2.05, 4.69) is 20.3 Å². The predicted octanol–water partition coefficient (Wildman–Crippen LogP) is 3.93. The molecule has 0 spiro atoms. The molecule has 0 aliphatic heterocycles. The van der Waals surface area contributed by atoms with E-state index in [9.17, 15) is 9.90 Å². The smallest absolute Gasteiger partial charge is 0.411 e. The quantitative estimate of drug-likeness (QED) is 0.494. The molecule has 3 aromatic rings. The number of carboxylic acid groups (broad SMARTS) is 1. The fraction of sp³-hybridized carbons (Fsp3) is 0.300. The molecule has 4 N–H and O–H groups in total. The Morgan fingerprint density at radius 2 is 2.07 bits per heavy atom. The summed E-state index contributed by atoms with van der Waals surface area (Å²) in [7, 11) is 1.54. The van der Waals surface area contributed by atoms with Gasteiger partial charge in [-0.15, -0.1) is 0 Å². The van der Waals surface area contributed by atoms with Crippen LogP contribution in [0.15, 0.2) is 36.5 Å². The van der Waals surface area contributed by atoms with Crippen molar-refractivity contribution in [2.24, 2.45) is 0 Å². The molecule has 1 fully saturated rings. The van der Waals surface area contributed by atoms with Gasteiger partial charge in [-0.2, -0.15) is 0 Å². The minimum atomic E-state index is -1.03. The molecule has 30 heavy (non-hydrogen) atoms. The Morgan fingerprint density at radius 3 is 2.73 bits per heavy atom. The van der Waals surface area contributed by atoms with Crippen molar-refractivity contribution < 1.29 is 14.6 Å². The van der Waals surface area contributed by atoms with Crippen molar-refractivity contribution in [3.05, 3.63) is 42.2 Å². The number of benzene rings is 1. The highest BCUT2D eigenvalue weighted by Crippen LogP contribution is 2.46. The van der Waals surface area contributed by atoms with E-state index in [4.69, 9.17) is 10.5 Å². The second kappa shape index (κ2) is 8.64. The Labute approximate surface area is 177 Å². The van der Waals surface area contributed by atoms with Crippen LogP contribution >= 0.6 is 11.3 Å². The van der Waals surface area contributed by atoms with Gasteiger partial charge < -0.3 is 20.9 Å². The van der Waals surface area contributed by atoms with Gasteiger partial charge in [0.1, 0.15) is 0 Å².